The highest BCUT2D eigenvalue weighted by atomic mass is 28.3. The third-order valence-corrected chi connectivity index (χ3v) is 44.1. The molecule has 8 aromatic carbocycles. The van der Waals surface area contributed by atoms with Crippen molar-refractivity contribution in [1.29, 1.82) is 0 Å². The summed E-state index contributed by atoms with van der Waals surface area (Å²) in [4.78, 5) is 0. The molecule has 688 valence electrons. The molecule has 0 unspecified atom stereocenters. The van der Waals surface area contributed by atoms with Crippen LogP contribution in [0.5, 0.6) is 0 Å². The van der Waals surface area contributed by atoms with Crippen LogP contribution in [0, 0.1) is 96.9 Å². The van der Waals surface area contributed by atoms with Crippen molar-refractivity contribution in [1.82, 2.24) is 0 Å². The second-order valence-corrected chi connectivity index (χ2v) is 71.5. The molecule has 0 heterocycles. The van der Waals surface area contributed by atoms with Crippen LogP contribution in [0.15, 0.2) is 152 Å². The van der Waals surface area contributed by atoms with Crippen molar-refractivity contribution in [2.45, 2.75) is 367 Å². The van der Waals surface area contributed by atoms with E-state index in [1.807, 2.05) is 0 Å². The Morgan fingerprint density at radius 2 is 0.477 bits per heavy atom. The maximum Gasteiger partial charge on any atom is 0.0483 e. The third-order valence-electron chi connectivity index (χ3n) is 31.3. The Hall–Kier alpha value is -6.58. The highest BCUT2D eigenvalue weighted by Crippen LogP contribution is 2.53. The fourth-order valence-corrected chi connectivity index (χ4v) is 35.6. The molecule has 0 N–H and O–H groups in total. The standard InChI is InChI=1S/C18H28Si.2C16H24Si.3C15H22Si.C13H18Si.C12H16Si/c1-12-9-13(2)17-16(14(12)3)10-15(18(17,4)5)11-19(6,7)8;1-10-7-11(2)15-14(12(10)3)8-13(9-17-6)16(15,4)5;1-12-8-7-9-15-14(12)10-13(16(15,2)3)11-17(4,5)6;2*1-9-7-10(2)14-12(11(9)3)8-13(16-6)15(14,4)5;1-15(2)13(11-16(3,4)5)10-12-8-6-7-9-14(12)15;1-9-6-5-7-11-10(9)8-12(14-4)13(11,2)3;1-12(2)10-7-5-4-6-9(10)8-11(12)13-3/h9-10H,11H2,1-8H3;7-8H,9,17H2,1-6H3;7-10H,11H2,1-6H3;2*7-8H,16H2,1-6H3;6-10H,11H2,1-5H3;5-8H,14H2,1-4H3;4-8H,13H2,1-3H3. The van der Waals surface area contributed by atoms with E-state index in [9.17, 15) is 0 Å². The molecule has 8 aliphatic carbocycles. The Bertz CT molecular complexity index is 5700. The zero-order chi connectivity index (χ0) is 96.2. The molecule has 0 amide bonds. The Morgan fingerprint density at radius 3 is 0.812 bits per heavy atom. The van der Waals surface area contributed by atoms with Crippen LogP contribution in [0.3, 0.4) is 0 Å². The van der Waals surface area contributed by atoms with Crippen LogP contribution in [0.2, 0.25) is 116 Å². The van der Waals surface area contributed by atoms with Crippen LogP contribution in [-0.4, -0.2) is 71.8 Å². The van der Waals surface area contributed by atoms with E-state index in [4.69, 9.17) is 0 Å². The first kappa shape index (κ1) is 105. The average Bonchev–Trinajstić information content (AvgIpc) is 1.59. The Labute approximate surface area is 800 Å². The number of fused-ring (bicyclic) bond motifs is 8. The normalized spacial score (nSPS) is 18.1. The minimum atomic E-state index is -1.07. The van der Waals surface area contributed by atoms with Gasteiger partial charge in [-0.3, -0.25) is 0 Å². The van der Waals surface area contributed by atoms with Gasteiger partial charge in [-0.15, -0.1) is 0 Å². The molecule has 0 spiro atoms. The summed E-state index contributed by atoms with van der Waals surface area (Å²) < 4.78 is 0. The van der Waals surface area contributed by atoms with Crippen molar-refractivity contribution in [2.24, 2.45) is 0 Å². The lowest BCUT2D eigenvalue weighted by atomic mass is 9.78. The van der Waals surface area contributed by atoms with Crippen LogP contribution < -0.4 is 0 Å². The lowest BCUT2D eigenvalue weighted by Crippen LogP contribution is -2.27. The molecule has 8 aliphatic rings. The van der Waals surface area contributed by atoms with Gasteiger partial charge >= 0.3 is 0 Å². The number of aryl methyl sites for hydroxylation is 10. The van der Waals surface area contributed by atoms with E-state index < -0.39 is 24.2 Å². The molecule has 0 saturated carbocycles. The topological polar surface area (TPSA) is 0 Å². The van der Waals surface area contributed by atoms with E-state index in [1.165, 1.54) is 169 Å². The molecule has 0 aliphatic heterocycles. The van der Waals surface area contributed by atoms with E-state index in [0.717, 1.165) is 0 Å². The van der Waals surface area contributed by atoms with Crippen LogP contribution in [0.1, 0.15) is 278 Å². The summed E-state index contributed by atoms with van der Waals surface area (Å²) in [5.41, 5.74) is 53.4. The van der Waals surface area contributed by atoms with E-state index in [-0.39, 0.29) is 69.3 Å². The number of rotatable bonds is 12. The van der Waals surface area contributed by atoms with Crippen LogP contribution in [-0.2, 0) is 43.3 Å². The molecular formula is C120H176Si8. The second-order valence-electron chi connectivity index (χ2n) is 47.7. The molecule has 0 aromatic heterocycles. The summed E-state index contributed by atoms with van der Waals surface area (Å²) in [6.45, 7) is 104. The lowest BCUT2D eigenvalue weighted by Gasteiger charge is -2.30. The zero-order valence-corrected chi connectivity index (χ0v) is 99.9. The smallest absolute Gasteiger partial charge is 0.0483 e. The van der Waals surface area contributed by atoms with Gasteiger partial charge in [0.05, 0.1) is 0 Å². The SMILES string of the molecule is CC1(C)C(C[Si](C)(C)C)=Cc2ccccc21.C[SiH2]C1=Cc2c(C)c(C)cc(C)c2C1(C)C.C[SiH2]C1=Cc2c(C)c(C)cc(C)c2C1(C)C.C[SiH2]C1=Cc2c(C)cccc2C1(C)C.C[SiH2]C1=Cc2ccccc2C1(C)C.C[SiH2]CC1=Cc2c(C)c(C)cc(C)c2C1(C)C.Cc1cc(C)c2c(c1C)C=C(C[Si](C)(C)C)C2(C)C.Cc1cccc2c1C=C(C[Si](C)(C)C)C2(C)C. The van der Waals surface area contributed by atoms with Gasteiger partial charge < -0.3 is 0 Å². The molecule has 8 aromatic rings. The highest BCUT2D eigenvalue weighted by Gasteiger charge is 2.42. The zero-order valence-electron chi connectivity index (χ0n) is 89.9. The molecule has 0 nitrogen and oxygen atoms in total. The van der Waals surface area contributed by atoms with Crippen molar-refractivity contribution in [3.63, 3.8) is 0 Å². The van der Waals surface area contributed by atoms with Crippen LogP contribution in [0.25, 0.3) is 48.6 Å². The van der Waals surface area contributed by atoms with Crippen LogP contribution >= 0.6 is 0 Å². The Kier molecular flexibility index (Phi) is 32.5. The Morgan fingerprint density at radius 1 is 0.227 bits per heavy atom. The molecular weight excluding hydrogens is 1670 g/mol. The molecule has 0 fully saturated rings. The van der Waals surface area contributed by atoms with Crippen molar-refractivity contribution in [3.8, 4) is 0 Å². The monoisotopic (exact) mass is 1840 g/mol. The first-order valence-electron chi connectivity index (χ1n) is 49.5. The van der Waals surface area contributed by atoms with Crippen molar-refractivity contribution in [3.05, 3.63) is 319 Å². The molecule has 0 bridgehead atoms. The molecule has 8 heteroatoms. The van der Waals surface area contributed by atoms with E-state index in [2.05, 4.69) is 457 Å². The molecule has 128 heavy (non-hydrogen) atoms. The summed E-state index contributed by atoms with van der Waals surface area (Å²) in [7, 11) is -3.19. The fourth-order valence-electron chi connectivity index (χ4n) is 23.3. The van der Waals surface area contributed by atoms with Crippen molar-refractivity contribution >= 4 is 120 Å². The summed E-state index contributed by atoms with van der Waals surface area (Å²) >= 11 is 0. The molecule has 0 atom stereocenters. The van der Waals surface area contributed by atoms with Gasteiger partial charge in [-0.2, -0.15) is 0 Å². The van der Waals surface area contributed by atoms with Gasteiger partial charge in [0.25, 0.3) is 0 Å². The minimum absolute atomic E-state index is 0.0165. The molecule has 0 saturated heterocycles. The fraction of sp³-hybridized carbons (Fsp3) is 0.467. The summed E-state index contributed by atoms with van der Waals surface area (Å²) in [6.07, 6.45) is 19.7. The van der Waals surface area contributed by atoms with E-state index >= 15 is 0 Å². The third kappa shape index (κ3) is 21.8. The van der Waals surface area contributed by atoms with Gasteiger partial charge in [-0.25, -0.2) is 0 Å². The van der Waals surface area contributed by atoms with Gasteiger partial charge in [0.2, 0.25) is 0 Å². The van der Waals surface area contributed by atoms with E-state index in [1.54, 1.807) is 65.3 Å². The van der Waals surface area contributed by atoms with Crippen molar-refractivity contribution < 1.29 is 0 Å². The minimum Gasteiger partial charge on any atom is -0.0778 e. The first-order valence-corrected chi connectivity index (χ1v) is 71.5. The number of hydrogen-bond acceptors (Lipinski definition) is 0. The predicted molar refractivity (Wildman–Crippen MR) is 607 cm³/mol. The lowest BCUT2D eigenvalue weighted by molar-refractivity contribution is 0.632. The van der Waals surface area contributed by atoms with Crippen molar-refractivity contribution in [2.75, 3.05) is 0 Å². The summed E-state index contributed by atoms with van der Waals surface area (Å²) in [6, 6.07) is 45.7. The first-order chi connectivity index (χ1) is 59.0. The maximum atomic E-state index is 2.50. The summed E-state index contributed by atoms with van der Waals surface area (Å²) in [5.74, 6) is 0. The summed E-state index contributed by atoms with van der Waals surface area (Å²) in [5, 5.41) is 6.80. The van der Waals surface area contributed by atoms with Gasteiger partial charge in [0, 0.05) is 115 Å². The Balaban J connectivity index is 0.000000165. The second kappa shape index (κ2) is 39.5. The quantitative estimate of drug-likeness (QED) is 0.107. The van der Waals surface area contributed by atoms with Gasteiger partial charge in [0.1, 0.15) is 0 Å². The largest absolute Gasteiger partial charge is 0.0778 e. The number of benzene rings is 8. The average molecular weight is 1840 g/mol. The molecule has 0 radical (unpaired) electrons. The highest BCUT2D eigenvalue weighted by molar-refractivity contribution is 6.77. The van der Waals surface area contributed by atoms with E-state index in [0.29, 0.717) is 21.7 Å². The predicted octanol–water partition coefficient (Wildman–Crippen LogP) is 31.6. The molecule has 16 rings (SSSR count). The van der Waals surface area contributed by atoms with Gasteiger partial charge in [-0.1, -0.05) is 403 Å². The maximum absolute atomic E-state index is 2.50. The number of allylic oxidation sites excluding steroid dienone is 8. The van der Waals surface area contributed by atoms with Crippen LogP contribution in [0.4, 0.5) is 0 Å². The van der Waals surface area contributed by atoms with Gasteiger partial charge in [0.15, 0.2) is 0 Å². The number of hydrogen-bond donors (Lipinski definition) is 0. The van der Waals surface area contributed by atoms with Gasteiger partial charge in [-0.05, 0) is 288 Å².